The fraction of sp³-hybridized carbons (Fsp3) is 0.152. The third-order valence-electron chi connectivity index (χ3n) is 7.74. The molecule has 1 aromatic heterocycles. The standard InChI is InChI=1S/C31H25N3O3.C2H4/c1-32-20-34(31-24(17-22-11-5-7-13-25(22)31)18-23-12-6-8-14-26(23)31)33-16-15-27(35)29(28(33)30(32)36)37-19-21-9-3-2-4-10-21;1-2/h2-17H,18-20H2,1H3;1-2H2. The summed E-state index contributed by atoms with van der Waals surface area (Å²) in [5.41, 5.74) is 6.35. The largest absolute Gasteiger partial charge is 0.482 e. The number of fused-ring (bicyclic) bond motifs is 6. The molecule has 0 saturated carbocycles. The zero-order valence-corrected chi connectivity index (χ0v) is 21.8. The van der Waals surface area contributed by atoms with Gasteiger partial charge < -0.3 is 9.64 Å². The Morgan fingerprint density at radius 1 is 0.872 bits per heavy atom. The van der Waals surface area contributed by atoms with Gasteiger partial charge in [-0.3, -0.25) is 19.3 Å². The smallest absolute Gasteiger partial charge is 0.277 e. The zero-order chi connectivity index (χ0) is 27.1. The van der Waals surface area contributed by atoms with Crippen molar-refractivity contribution in [2.45, 2.75) is 18.6 Å². The summed E-state index contributed by atoms with van der Waals surface area (Å²) >= 11 is 0. The molecule has 3 aromatic carbocycles. The van der Waals surface area contributed by atoms with E-state index in [1.807, 2.05) is 35.0 Å². The van der Waals surface area contributed by atoms with Gasteiger partial charge in [0, 0.05) is 19.3 Å². The summed E-state index contributed by atoms with van der Waals surface area (Å²) in [7, 11) is 1.78. The number of ether oxygens (including phenoxy) is 1. The number of benzene rings is 3. The van der Waals surface area contributed by atoms with Crippen molar-refractivity contribution in [1.29, 1.82) is 0 Å². The Morgan fingerprint density at radius 3 is 2.36 bits per heavy atom. The number of hydrogen-bond donors (Lipinski definition) is 0. The van der Waals surface area contributed by atoms with E-state index < -0.39 is 5.54 Å². The van der Waals surface area contributed by atoms with Crippen molar-refractivity contribution < 1.29 is 9.53 Å². The first-order valence-electron chi connectivity index (χ1n) is 12.9. The van der Waals surface area contributed by atoms with Crippen LogP contribution in [0.15, 0.2) is 115 Å². The van der Waals surface area contributed by atoms with E-state index in [-0.39, 0.29) is 29.4 Å². The quantitative estimate of drug-likeness (QED) is 0.355. The molecule has 3 aliphatic rings. The second-order valence-electron chi connectivity index (χ2n) is 9.82. The first kappa shape index (κ1) is 24.5. The van der Waals surface area contributed by atoms with Crippen LogP contribution >= 0.6 is 0 Å². The number of carbonyl (C=O) groups excluding carboxylic acids is 1. The van der Waals surface area contributed by atoms with Crippen LogP contribution in [0, 0.1) is 0 Å². The molecule has 0 N–H and O–H groups in total. The van der Waals surface area contributed by atoms with Crippen LogP contribution < -0.4 is 15.2 Å². The molecule has 4 aromatic rings. The molecule has 2 aliphatic carbocycles. The van der Waals surface area contributed by atoms with Crippen LogP contribution in [0.1, 0.15) is 38.3 Å². The third-order valence-corrected chi connectivity index (χ3v) is 7.74. The predicted molar refractivity (Wildman–Crippen MR) is 153 cm³/mol. The Labute approximate surface area is 227 Å². The average molecular weight is 516 g/mol. The summed E-state index contributed by atoms with van der Waals surface area (Å²) in [4.78, 5) is 28.3. The van der Waals surface area contributed by atoms with Gasteiger partial charge in [0.2, 0.25) is 5.43 Å². The number of aromatic nitrogens is 1. The van der Waals surface area contributed by atoms with Gasteiger partial charge in [-0.05, 0) is 39.8 Å². The summed E-state index contributed by atoms with van der Waals surface area (Å²) in [6.07, 6.45) is 4.82. The molecular weight excluding hydrogens is 486 g/mol. The normalized spacial score (nSPS) is 18.3. The van der Waals surface area contributed by atoms with E-state index in [4.69, 9.17) is 4.74 Å². The third kappa shape index (κ3) is 3.56. The number of nitrogens with zero attached hydrogens (tertiary/aromatic N) is 3. The second kappa shape index (κ2) is 9.48. The lowest BCUT2D eigenvalue weighted by molar-refractivity contribution is 0.0712. The average Bonchev–Trinajstić information content (AvgIpc) is 3.47. The van der Waals surface area contributed by atoms with Crippen molar-refractivity contribution in [3.63, 3.8) is 0 Å². The minimum atomic E-state index is -0.595. The molecule has 6 nitrogen and oxygen atoms in total. The Balaban J connectivity index is 0.00000135. The maximum Gasteiger partial charge on any atom is 0.277 e. The van der Waals surface area contributed by atoms with Crippen LogP contribution in [0.2, 0.25) is 0 Å². The number of carbonyl (C=O) groups is 1. The van der Waals surface area contributed by atoms with E-state index in [1.54, 1.807) is 18.1 Å². The van der Waals surface area contributed by atoms with Gasteiger partial charge in [0.15, 0.2) is 11.4 Å². The molecule has 1 amide bonds. The molecule has 39 heavy (non-hydrogen) atoms. The highest BCUT2D eigenvalue weighted by atomic mass is 16.5. The van der Waals surface area contributed by atoms with Crippen molar-refractivity contribution in [2.24, 2.45) is 0 Å². The number of hydrogen-bond acceptors (Lipinski definition) is 4. The summed E-state index contributed by atoms with van der Waals surface area (Å²) in [6.45, 7) is 6.55. The Kier molecular flexibility index (Phi) is 5.95. The fourth-order valence-corrected chi connectivity index (χ4v) is 6.15. The highest BCUT2D eigenvalue weighted by Crippen LogP contribution is 2.55. The minimum absolute atomic E-state index is 0.0763. The minimum Gasteiger partial charge on any atom is -0.482 e. The van der Waals surface area contributed by atoms with Crippen LogP contribution in [0.4, 0.5) is 0 Å². The molecule has 1 aliphatic heterocycles. The Bertz CT molecular complexity index is 1670. The number of amides is 1. The van der Waals surface area contributed by atoms with E-state index in [1.165, 1.54) is 33.9 Å². The van der Waals surface area contributed by atoms with Crippen LogP contribution in [0.25, 0.3) is 6.08 Å². The molecule has 1 unspecified atom stereocenters. The highest BCUT2D eigenvalue weighted by molar-refractivity contribution is 5.96. The molecule has 0 bridgehead atoms. The number of pyridine rings is 1. The van der Waals surface area contributed by atoms with Crippen LogP contribution in [-0.2, 0) is 18.6 Å². The lowest BCUT2D eigenvalue weighted by Crippen LogP contribution is -2.61. The van der Waals surface area contributed by atoms with Gasteiger partial charge in [0.1, 0.15) is 18.8 Å². The summed E-state index contributed by atoms with van der Waals surface area (Å²) in [5.74, 6) is -0.163. The number of rotatable bonds is 4. The summed E-state index contributed by atoms with van der Waals surface area (Å²) in [5, 5.41) is 2.21. The fourth-order valence-electron chi connectivity index (χ4n) is 6.15. The van der Waals surface area contributed by atoms with E-state index in [0.29, 0.717) is 6.67 Å². The van der Waals surface area contributed by atoms with Gasteiger partial charge in [-0.2, -0.15) is 0 Å². The van der Waals surface area contributed by atoms with E-state index in [9.17, 15) is 9.59 Å². The van der Waals surface area contributed by atoms with Crippen molar-refractivity contribution in [2.75, 3.05) is 18.7 Å². The molecule has 2 heterocycles. The zero-order valence-electron chi connectivity index (χ0n) is 21.8. The SMILES string of the molecule is C=C.CN1CN(C23C(=Cc4ccccc42)Cc2ccccc23)n2ccc(=O)c(OCc3ccccc3)c2C1=O. The first-order chi connectivity index (χ1) is 19.1. The molecule has 0 fully saturated rings. The lowest BCUT2D eigenvalue weighted by Gasteiger charge is -2.49. The monoisotopic (exact) mass is 515 g/mol. The van der Waals surface area contributed by atoms with Gasteiger partial charge in [0.25, 0.3) is 5.91 Å². The topological polar surface area (TPSA) is 54.8 Å². The Hall–Kier alpha value is -4.84. The highest BCUT2D eigenvalue weighted by Gasteiger charge is 2.54. The molecular formula is C33H29N3O3. The molecule has 0 spiro atoms. The molecule has 194 valence electrons. The van der Waals surface area contributed by atoms with Crippen LogP contribution in [0.5, 0.6) is 5.75 Å². The van der Waals surface area contributed by atoms with Gasteiger partial charge >= 0.3 is 0 Å². The van der Waals surface area contributed by atoms with Gasteiger partial charge in [-0.15, -0.1) is 13.2 Å². The van der Waals surface area contributed by atoms with Crippen LogP contribution in [0.3, 0.4) is 0 Å². The molecule has 0 radical (unpaired) electrons. The van der Waals surface area contributed by atoms with Crippen LogP contribution in [-0.4, -0.2) is 29.2 Å². The molecule has 1 atom stereocenters. The van der Waals surface area contributed by atoms with Crippen molar-refractivity contribution in [3.05, 3.63) is 154 Å². The van der Waals surface area contributed by atoms with E-state index in [0.717, 1.165) is 12.0 Å². The molecule has 0 saturated heterocycles. The summed E-state index contributed by atoms with van der Waals surface area (Å²) < 4.78 is 7.93. The maximum atomic E-state index is 13.6. The summed E-state index contributed by atoms with van der Waals surface area (Å²) in [6, 6.07) is 28.1. The van der Waals surface area contributed by atoms with Crippen molar-refractivity contribution >= 4 is 12.0 Å². The first-order valence-corrected chi connectivity index (χ1v) is 12.9. The predicted octanol–water partition coefficient (Wildman–Crippen LogP) is 5.11. The van der Waals surface area contributed by atoms with Gasteiger partial charge in [-0.1, -0.05) is 84.9 Å². The van der Waals surface area contributed by atoms with Crippen molar-refractivity contribution in [3.8, 4) is 5.75 Å². The van der Waals surface area contributed by atoms with Crippen molar-refractivity contribution in [1.82, 2.24) is 9.58 Å². The maximum absolute atomic E-state index is 13.6. The van der Waals surface area contributed by atoms with Gasteiger partial charge in [-0.25, -0.2) is 0 Å². The van der Waals surface area contributed by atoms with E-state index in [2.05, 4.69) is 72.8 Å². The van der Waals surface area contributed by atoms with Gasteiger partial charge in [0.05, 0.1) is 0 Å². The molecule has 7 rings (SSSR count). The molecule has 6 heteroatoms. The second-order valence-corrected chi connectivity index (χ2v) is 9.82. The lowest BCUT2D eigenvalue weighted by atomic mass is 9.83. The van der Waals surface area contributed by atoms with E-state index >= 15 is 0 Å². The Morgan fingerprint density at radius 2 is 1.56 bits per heavy atom.